The Labute approximate surface area is 235 Å². The van der Waals surface area contributed by atoms with Gasteiger partial charge in [-0.2, -0.15) is 5.10 Å². The number of anilines is 2. The average molecular weight is 558 g/mol. The van der Waals surface area contributed by atoms with Gasteiger partial charge in [0.1, 0.15) is 11.7 Å². The normalized spacial score (nSPS) is 13.9. The van der Waals surface area contributed by atoms with Gasteiger partial charge in [-0.3, -0.25) is 10.1 Å². The first kappa shape index (κ1) is 31.6. The van der Waals surface area contributed by atoms with E-state index in [9.17, 15) is 0 Å². The van der Waals surface area contributed by atoms with Crippen LogP contribution in [0.25, 0.3) is 0 Å². The molecule has 0 saturated carbocycles. The molecule has 1 aromatic carbocycles. The summed E-state index contributed by atoms with van der Waals surface area (Å²) in [4.78, 5) is 11.7. The summed E-state index contributed by atoms with van der Waals surface area (Å²) in [5.41, 5.74) is 9.72. The van der Waals surface area contributed by atoms with E-state index in [2.05, 4.69) is 20.5 Å². The van der Waals surface area contributed by atoms with E-state index in [1.807, 2.05) is 46.1 Å². The van der Waals surface area contributed by atoms with Crippen molar-refractivity contribution >= 4 is 35.3 Å². The Morgan fingerprint density at radius 3 is 2.54 bits per heavy atom. The summed E-state index contributed by atoms with van der Waals surface area (Å²) in [6.45, 7) is 8.51. The van der Waals surface area contributed by atoms with Gasteiger partial charge in [-0.15, -0.1) is 11.8 Å². The van der Waals surface area contributed by atoms with E-state index in [0.717, 1.165) is 28.2 Å². The molecule has 0 aliphatic carbocycles. The number of halogens is 1. The minimum atomic E-state index is -0.351. The van der Waals surface area contributed by atoms with Crippen LogP contribution in [0.3, 0.4) is 0 Å². The first-order chi connectivity index (χ1) is 18.7. The van der Waals surface area contributed by atoms with Crippen molar-refractivity contribution in [2.45, 2.75) is 39.0 Å². The highest BCUT2D eigenvalue weighted by Gasteiger charge is 2.22. The fraction of sp³-hybridized carbons (Fsp3) is 0.393. The number of hydrogen-bond donors (Lipinski definition) is 3. The summed E-state index contributed by atoms with van der Waals surface area (Å²) in [7, 11) is 4.85. The van der Waals surface area contributed by atoms with Crippen LogP contribution in [0.4, 0.5) is 15.9 Å². The number of rotatable bonds is 13. The molecule has 0 aliphatic rings. The van der Waals surface area contributed by atoms with Gasteiger partial charge in [-0.25, -0.2) is 9.38 Å². The van der Waals surface area contributed by atoms with Crippen molar-refractivity contribution < 1.29 is 13.9 Å². The van der Waals surface area contributed by atoms with Gasteiger partial charge in [0.05, 0.1) is 19.4 Å². The summed E-state index contributed by atoms with van der Waals surface area (Å²) in [6.07, 6.45) is 5.81. The van der Waals surface area contributed by atoms with Gasteiger partial charge in [0.15, 0.2) is 17.4 Å². The number of methoxy groups -OCH3 is 2. The maximum absolute atomic E-state index is 15.2. The number of aromatic nitrogens is 2. The molecule has 39 heavy (non-hydrogen) atoms. The summed E-state index contributed by atoms with van der Waals surface area (Å²) < 4.78 is 26.5. The Kier molecular flexibility index (Phi) is 12.8. The molecule has 1 aromatic heterocycles. The number of nitrogens with one attached hydrogen (secondary N) is 2. The van der Waals surface area contributed by atoms with E-state index in [-0.39, 0.29) is 5.82 Å². The van der Waals surface area contributed by atoms with Crippen LogP contribution in [-0.2, 0) is 9.47 Å². The Balaban J connectivity index is 2.83. The third-order valence-electron chi connectivity index (χ3n) is 5.92. The lowest BCUT2D eigenvalue weighted by Gasteiger charge is -2.26. The SMILES string of the molecule is CC/C(C)=C(C(\C=NC)=C\N)/C(OC)=C(\N=C(/C)N(CCOC)c1ccc(SC)cc1F)Nc1cc(C)[nH]n1. The fourth-order valence-electron chi connectivity index (χ4n) is 3.83. The second-order valence-electron chi connectivity index (χ2n) is 8.58. The highest BCUT2D eigenvalue weighted by molar-refractivity contribution is 7.98. The van der Waals surface area contributed by atoms with E-state index in [1.165, 1.54) is 24.0 Å². The zero-order chi connectivity index (χ0) is 28.9. The number of allylic oxidation sites excluding steroid dienone is 2. The van der Waals surface area contributed by atoms with E-state index in [0.29, 0.717) is 47.6 Å². The Hall–Kier alpha value is -3.57. The molecular weight excluding hydrogens is 517 g/mol. The number of aliphatic imine (C=N–C) groups is 2. The quantitative estimate of drug-likeness (QED) is 0.0959. The van der Waals surface area contributed by atoms with Gasteiger partial charge in [-0.05, 0) is 51.6 Å². The molecular formula is C28H40FN7O2S. The molecule has 2 aromatic rings. The monoisotopic (exact) mass is 557 g/mol. The smallest absolute Gasteiger partial charge is 0.176 e. The van der Waals surface area contributed by atoms with E-state index >= 15 is 4.39 Å². The molecule has 0 bridgehead atoms. The maximum Gasteiger partial charge on any atom is 0.176 e. The van der Waals surface area contributed by atoms with Crippen molar-refractivity contribution in [3.8, 4) is 0 Å². The van der Waals surface area contributed by atoms with Crippen LogP contribution < -0.4 is 16.0 Å². The molecule has 0 aliphatic heterocycles. The molecule has 1 heterocycles. The molecule has 0 amide bonds. The van der Waals surface area contributed by atoms with Crippen molar-refractivity contribution in [1.82, 2.24) is 10.2 Å². The lowest BCUT2D eigenvalue weighted by atomic mass is 9.98. The molecule has 0 spiro atoms. The molecule has 0 saturated heterocycles. The molecule has 0 atom stereocenters. The van der Waals surface area contributed by atoms with Crippen LogP contribution in [0.2, 0.25) is 0 Å². The largest absolute Gasteiger partial charge is 0.492 e. The number of aromatic amines is 1. The average Bonchev–Trinajstić information content (AvgIpc) is 3.34. The van der Waals surface area contributed by atoms with Crippen LogP contribution >= 0.6 is 11.8 Å². The molecule has 2 rings (SSSR count). The number of thioether (sulfide) groups is 1. The molecule has 0 fully saturated rings. The molecule has 11 heteroatoms. The van der Waals surface area contributed by atoms with Gasteiger partial charge in [0.2, 0.25) is 0 Å². The minimum absolute atomic E-state index is 0.351. The summed E-state index contributed by atoms with van der Waals surface area (Å²) in [5.74, 6) is 1.52. The lowest BCUT2D eigenvalue weighted by Crippen LogP contribution is -2.33. The highest BCUT2D eigenvalue weighted by Crippen LogP contribution is 2.30. The Bertz CT molecular complexity index is 1260. The third kappa shape index (κ3) is 8.46. The third-order valence-corrected chi connectivity index (χ3v) is 6.65. The van der Waals surface area contributed by atoms with Crippen LogP contribution in [0.15, 0.2) is 73.6 Å². The van der Waals surface area contributed by atoms with Crippen molar-refractivity contribution in [3.63, 3.8) is 0 Å². The van der Waals surface area contributed by atoms with Crippen molar-refractivity contribution in [2.75, 3.05) is 50.9 Å². The summed E-state index contributed by atoms with van der Waals surface area (Å²) >= 11 is 1.48. The van der Waals surface area contributed by atoms with Gasteiger partial charge in [0.25, 0.3) is 0 Å². The summed E-state index contributed by atoms with van der Waals surface area (Å²) in [6, 6.07) is 7.00. The zero-order valence-corrected chi connectivity index (χ0v) is 24.9. The van der Waals surface area contributed by atoms with Crippen LogP contribution in [0, 0.1) is 12.7 Å². The van der Waals surface area contributed by atoms with Crippen molar-refractivity contribution in [2.24, 2.45) is 15.7 Å². The molecule has 212 valence electrons. The first-order valence-corrected chi connectivity index (χ1v) is 13.7. The number of benzene rings is 1. The lowest BCUT2D eigenvalue weighted by molar-refractivity contribution is 0.207. The number of amidine groups is 1. The standard InChI is InChI=1S/C28H40FN7O2S/c1-9-18(2)26(21(16-30)17-31-5)27(38-7)28(33-25-14-19(3)34-35-25)32-20(4)36(12-13-37-6)24-11-10-22(39-8)15-23(24)29/h10-11,14-17H,9,12-13,30H2,1-8H3,(H2,33,34,35)/b21-16+,26-18+,28-27-,31-17?,32-20+. The molecule has 0 radical (unpaired) electrons. The van der Waals surface area contributed by atoms with Crippen LogP contribution in [-0.4, -0.2) is 62.9 Å². The predicted octanol–water partition coefficient (Wildman–Crippen LogP) is 5.65. The zero-order valence-electron chi connectivity index (χ0n) is 24.1. The topological polar surface area (TPSA) is 113 Å². The second kappa shape index (κ2) is 15.7. The van der Waals surface area contributed by atoms with E-state index < -0.39 is 0 Å². The Morgan fingerprint density at radius 2 is 2.03 bits per heavy atom. The van der Waals surface area contributed by atoms with Gasteiger partial charge in [-0.1, -0.05) is 12.5 Å². The van der Waals surface area contributed by atoms with Crippen molar-refractivity contribution in [1.29, 1.82) is 0 Å². The van der Waals surface area contributed by atoms with Gasteiger partial charge < -0.3 is 25.4 Å². The number of nitrogens with zero attached hydrogens (tertiary/aromatic N) is 4. The molecule has 4 N–H and O–H groups in total. The fourth-order valence-corrected chi connectivity index (χ4v) is 4.25. The number of aryl methyl sites for hydroxylation is 1. The van der Waals surface area contributed by atoms with Gasteiger partial charge in [0, 0.05) is 60.9 Å². The highest BCUT2D eigenvalue weighted by atomic mass is 32.2. The minimum Gasteiger partial charge on any atom is -0.492 e. The number of H-pyrrole nitrogens is 1. The van der Waals surface area contributed by atoms with E-state index in [4.69, 9.17) is 20.2 Å². The number of nitrogens with two attached hydrogens (primary N) is 1. The van der Waals surface area contributed by atoms with Crippen LogP contribution in [0.1, 0.15) is 32.9 Å². The summed E-state index contributed by atoms with van der Waals surface area (Å²) in [5, 5.41) is 10.5. The predicted molar refractivity (Wildman–Crippen MR) is 161 cm³/mol. The molecule has 9 nitrogen and oxygen atoms in total. The van der Waals surface area contributed by atoms with Crippen molar-refractivity contribution in [3.05, 3.63) is 70.3 Å². The van der Waals surface area contributed by atoms with Crippen LogP contribution in [0.5, 0.6) is 0 Å². The first-order valence-electron chi connectivity index (χ1n) is 12.5. The second-order valence-corrected chi connectivity index (χ2v) is 9.46. The van der Waals surface area contributed by atoms with Gasteiger partial charge >= 0.3 is 0 Å². The van der Waals surface area contributed by atoms with E-state index in [1.54, 1.807) is 38.4 Å². The number of ether oxygens (including phenoxy) is 2. The molecule has 0 unspecified atom stereocenters. The maximum atomic E-state index is 15.2. The number of hydrogen-bond acceptors (Lipinski definition) is 8. The Morgan fingerprint density at radius 1 is 1.28 bits per heavy atom.